The van der Waals surface area contributed by atoms with Crippen molar-refractivity contribution < 1.29 is 9.59 Å². The van der Waals surface area contributed by atoms with E-state index >= 15 is 0 Å². The number of hydrogen-bond acceptors (Lipinski definition) is 2. The number of allylic oxidation sites excluding steroid dienone is 1. The van der Waals surface area contributed by atoms with E-state index < -0.39 is 0 Å². The minimum atomic E-state index is -0.156. The molecule has 0 bridgehead atoms. The van der Waals surface area contributed by atoms with Gasteiger partial charge in [0.15, 0.2) is 0 Å². The van der Waals surface area contributed by atoms with Crippen LogP contribution in [0.3, 0.4) is 0 Å². The number of hydrogen-bond donors (Lipinski definition) is 1. The van der Waals surface area contributed by atoms with Gasteiger partial charge >= 0.3 is 0 Å². The molecular formula is C11H11NO2. The van der Waals surface area contributed by atoms with E-state index in [4.69, 9.17) is 0 Å². The quantitative estimate of drug-likeness (QED) is 0.574. The Morgan fingerprint density at radius 2 is 2.07 bits per heavy atom. The van der Waals surface area contributed by atoms with Crippen molar-refractivity contribution in [3.05, 3.63) is 41.5 Å². The summed E-state index contributed by atoms with van der Waals surface area (Å²) in [5.74, 6) is -0.156. The number of carbonyl (C=O) groups excluding carboxylic acids is 2. The average molecular weight is 189 g/mol. The molecule has 14 heavy (non-hydrogen) atoms. The summed E-state index contributed by atoms with van der Waals surface area (Å²) >= 11 is 0. The first-order valence-electron chi connectivity index (χ1n) is 4.22. The molecule has 0 heterocycles. The highest BCUT2D eigenvalue weighted by molar-refractivity contribution is 5.98. The number of rotatable bonds is 3. The smallest absolute Gasteiger partial charge is 0.251 e. The first-order chi connectivity index (χ1) is 6.79. The Morgan fingerprint density at radius 1 is 1.36 bits per heavy atom. The molecule has 1 N–H and O–H groups in total. The summed E-state index contributed by atoms with van der Waals surface area (Å²) in [5, 5.41) is 2.54. The van der Waals surface area contributed by atoms with Crippen LogP contribution in [0.4, 0.5) is 0 Å². The highest BCUT2D eigenvalue weighted by atomic mass is 16.1. The molecule has 0 saturated carbocycles. The van der Waals surface area contributed by atoms with Crippen LogP contribution in [0.25, 0.3) is 6.08 Å². The summed E-state index contributed by atoms with van der Waals surface area (Å²) in [5.41, 5.74) is 1.30. The molecule has 0 radical (unpaired) electrons. The SMILES string of the molecule is CNC(=O)c1ccccc1/C=C/C=O. The lowest BCUT2D eigenvalue weighted by Gasteiger charge is -2.02. The third-order valence-electron chi connectivity index (χ3n) is 1.79. The Morgan fingerprint density at radius 3 is 2.71 bits per heavy atom. The van der Waals surface area contributed by atoms with Crippen molar-refractivity contribution in [2.24, 2.45) is 0 Å². The van der Waals surface area contributed by atoms with Crippen LogP contribution >= 0.6 is 0 Å². The second kappa shape index (κ2) is 4.97. The van der Waals surface area contributed by atoms with Crippen LogP contribution in [0, 0.1) is 0 Å². The first kappa shape index (κ1) is 10.2. The molecule has 72 valence electrons. The van der Waals surface area contributed by atoms with Crippen molar-refractivity contribution in [2.75, 3.05) is 7.05 Å². The summed E-state index contributed by atoms with van der Waals surface area (Å²) in [6, 6.07) is 7.09. The summed E-state index contributed by atoms with van der Waals surface area (Å²) in [6.07, 6.45) is 3.65. The zero-order valence-electron chi connectivity index (χ0n) is 7.86. The molecule has 0 fully saturated rings. The fourth-order valence-electron chi connectivity index (χ4n) is 1.13. The standard InChI is InChI=1S/C11H11NO2/c1-12-11(14)10-7-3-2-5-9(10)6-4-8-13/h2-8H,1H3,(H,12,14)/b6-4+. The average Bonchev–Trinajstić information content (AvgIpc) is 2.25. The number of carbonyl (C=O) groups is 2. The lowest BCUT2D eigenvalue weighted by molar-refractivity contribution is -0.104. The summed E-state index contributed by atoms with van der Waals surface area (Å²) in [6.45, 7) is 0. The van der Waals surface area contributed by atoms with Gasteiger partial charge in [0.1, 0.15) is 6.29 Å². The fourth-order valence-corrected chi connectivity index (χ4v) is 1.13. The van der Waals surface area contributed by atoms with Crippen molar-refractivity contribution >= 4 is 18.3 Å². The van der Waals surface area contributed by atoms with E-state index in [2.05, 4.69) is 5.32 Å². The van der Waals surface area contributed by atoms with E-state index in [1.54, 1.807) is 31.3 Å². The zero-order valence-corrected chi connectivity index (χ0v) is 7.86. The molecule has 3 nitrogen and oxygen atoms in total. The van der Waals surface area contributed by atoms with Crippen molar-refractivity contribution in [3.8, 4) is 0 Å². The number of aldehydes is 1. The molecule has 0 aromatic heterocycles. The van der Waals surface area contributed by atoms with Crippen LogP contribution in [0.5, 0.6) is 0 Å². The lowest BCUT2D eigenvalue weighted by Crippen LogP contribution is -2.18. The first-order valence-corrected chi connectivity index (χ1v) is 4.22. The number of benzene rings is 1. The maximum absolute atomic E-state index is 11.4. The summed E-state index contributed by atoms with van der Waals surface area (Å²) in [4.78, 5) is 21.5. The molecule has 1 aromatic carbocycles. The Kier molecular flexibility index (Phi) is 3.61. The van der Waals surface area contributed by atoms with Gasteiger partial charge in [-0.1, -0.05) is 24.3 Å². The van der Waals surface area contributed by atoms with E-state index in [-0.39, 0.29) is 5.91 Å². The molecule has 0 aliphatic carbocycles. The molecule has 0 aliphatic heterocycles. The molecule has 0 unspecified atom stereocenters. The van der Waals surface area contributed by atoms with Crippen LogP contribution in [-0.4, -0.2) is 19.2 Å². The van der Waals surface area contributed by atoms with E-state index in [0.29, 0.717) is 11.8 Å². The Hall–Kier alpha value is -1.90. The van der Waals surface area contributed by atoms with Gasteiger partial charge in [-0.15, -0.1) is 0 Å². The van der Waals surface area contributed by atoms with Gasteiger partial charge in [-0.25, -0.2) is 0 Å². The van der Waals surface area contributed by atoms with Crippen LogP contribution in [0.1, 0.15) is 15.9 Å². The van der Waals surface area contributed by atoms with Gasteiger partial charge in [0, 0.05) is 12.6 Å². The van der Waals surface area contributed by atoms with Gasteiger partial charge in [0.05, 0.1) is 0 Å². The summed E-state index contributed by atoms with van der Waals surface area (Å²) < 4.78 is 0. The topological polar surface area (TPSA) is 46.2 Å². The highest BCUT2D eigenvalue weighted by Crippen LogP contribution is 2.09. The Balaban J connectivity index is 3.08. The van der Waals surface area contributed by atoms with Gasteiger partial charge in [-0.05, 0) is 17.7 Å². The molecule has 1 rings (SSSR count). The Bertz CT molecular complexity index is 369. The van der Waals surface area contributed by atoms with Crippen molar-refractivity contribution in [3.63, 3.8) is 0 Å². The minimum absolute atomic E-state index is 0.156. The van der Waals surface area contributed by atoms with Gasteiger partial charge in [-0.3, -0.25) is 9.59 Å². The molecular weight excluding hydrogens is 178 g/mol. The molecule has 1 amide bonds. The lowest BCUT2D eigenvalue weighted by atomic mass is 10.1. The number of amides is 1. The Labute approximate surface area is 82.4 Å². The van der Waals surface area contributed by atoms with Gasteiger partial charge in [0.2, 0.25) is 0 Å². The fraction of sp³-hybridized carbons (Fsp3) is 0.0909. The van der Waals surface area contributed by atoms with E-state index in [1.807, 2.05) is 6.07 Å². The summed E-state index contributed by atoms with van der Waals surface area (Å²) in [7, 11) is 1.57. The van der Waals surface area contributed by atoms with Crippen LogP contribution < -0.4 is 5.32 Å². The van der Waals surface area contributed by atoms with Crippen molar-refractivity contribution in [1.29, 1.82) is 0 Å². The van der Waals surface area contributed by atoms with E-state index in [1.165, 1.54) is 6.08 Å². The van der Waals surface area contributed by atoms with Gasteiger partial charge < -0.3 is 5.32 Å². The van der Waals surface area contributed by atoms with E-state index in [9.17, 15) is 9.59 Å². The van der Waals surface area contributed by atoms with E-state index in [0.717, 1.165) is 5.56 Å². The van der Waals surface area contributed by atoms with Gasteiger partial charge in [0.25, 0.3) is 5.91 Å². The van der Waals surface area contributed by atoms with Crippen LogP contribution in [0.2, 0.25) is 0 Å². The molecule has 0 atom stereocenters. The highest BCUT2D eigenvalue weighted by Gasteiger charge is 2.05. The van der Waals surface area contributed by atoms with Crippen LogP contribution in [-0.2, 0) is 4.79 Å². The normalized spacial score (nSPS) is 10.1. The predicted molar refractivity (Wildman–Crippen MR) is 54.9 cm³/mol. The maximum atomic E-state index is 11.4. The zero-order chi connectivity index (χ0) is 10.4. The largest absolute Gasteiger partial charge is 0.355 e. The third-order valence-corrected chi connectivity index (χ3v) is 1.79. The third kappa shape index (κ3) is 2.29. The maximum Gasteiger partial charge on any atom is 0.251 e. The second-order valence-corrected chi connectivity index (χ2v) is 2.66. The molecule has 0 spiro atoms. The molecule has 1 aromatic rings. The number of nitrogens with one attached hydrogen (secondary N) is 1. The monoisotopic (exact) mass is 189 g/mol. The predicted octanol–water partition coefficient (Wildman–Crippen LogP) is 1.26. The molecule has 0 aliphatic rings. The molecule has 3 heteroatoms. The van der Waals surface area contributed by atoms with Crippen LogP contribution in [0.15, 0.2) is 30.3 Å². The second-order valence-electron chi connectivity index (χ2n) is 2.66. The van der Waals surface area contributed by atoms with Crippen molar-refractivity contribution in [2.45, 2.75) is 0 Å². The van der Waals surface area contributed by atoms with Crippen molar-refractivity contribution in [1.82, 2.24) is 5.32 Å². The molecule has 0 saturated heterocycles. The minimum Gasteiger partial charge on any atom is -0.355 e. The van der Waals surface area contributed by atoms with Gasteiger partial charge in [-0.2, -0.15) is 0 Å².